The number of hydrogen-bond donors (Lipinski definition) is 0. The summed E-state index contributed by atoms with van der Waals surface area (Å²) in [6, 6.07) is 0. The van der Waals surface area contributed by atoms with Crippen molar-refractivity contribution in [2.45, 2.75) is 39.0 Å². The van der Waals surface area contributed by atoms with Gasteiger partial charge in [-0.25, -0.2) is 0 Å². The van der Waals surface area contributed by atoms with E-state index in [1.54, 1.807) is 13.1 Å². The summed E-state index contributed by atoms with van der Waals surface area (Å²) in [4.78, 5) is 7.95. The maximum Gasteiger partial charge on any atom is 0.0273 e. The molecule has 1 aliphatic rings. The Labute approximate surface area is 125 Å². The van der Waals surface area contributed by atoms with E-state index in [2.05, 4.69) is 35.8 Å². The maximum absolute atomic E-state index is 4.03. The van der Waals surface area contributed by atoms with Crippen LogP contribution in [0, 0.1) is 11.8 Å². The fraction of sp³-hybridized carbons (Fsp3) is 0.556. The highest BCUT2D eigenvalue weighted by molar-refractivity contribution is 5.62. The first-order valence-corrected chi connectivity index (χ1v) is 7.55. The van der Waals surface area contributed by atoms with Gasteiger partial charge in [-0.1, -0.05) is 63.1 Å². The molecule has 0 bridgehead atoms. The van der Waals surface area contributed by atoms with Crippen LogP contribution in [-0.4, -0.2) is 26.5 Å². The highest BCUT2D eigenvalue weighted by atomic mass is 14.6. The second-order valence-corrected chi connectivity index (χ2v) is 5.08. The first-order chi connectivity index (χ1) is 9.74. The van der Waals surface area contributed by atoms with Gasteiger partial charge in [0, 0.05) is 32.4 Å². The second-order valence-electron chi connectivity index (χ2n) is 5.08. The zero-order valence-corrected chi connectivity index (χ0v) is 13.3. The Bertz CT molecular complexity index is 331. The number of hydrogen-bond acceptors (Lipinski definition) is 2. The zero-order valence-electron chi connectivity index (χ0n) is 13.3. The monoisotopic (exact) mass is 274 g/mol. The number of nitrogens with zero attached hydrogens (tertiary/aromatic N) is 2. The topological polar surface area (TPSA) is 24.7 Å². The lowest BCUT2D eigenvalue weighted by molar-refractivity contribution is 0.445. The molecule has 0 saturated heterocycles. The lowest BCUT2D eigenvalue weighted by Crippen LogP contribution is -2.06. The summed E-state index contributed by atoms with van der Waals surface area (Å²) in [6.45, 7) is 5.66. The van der Waals surface area contributed by atoms with Crippen molar-refractivity contribution in [3.05, 3.63) is 37.0 Å². The molecule has 112 valence electrons. The van der Waals surface area contributed by atoms with Crippen LogP contribution in [0.1, 0.15) is 39.0 Å². The van der Waals surface area contributed by atoms with E-state index >= 15 is 0 Å². The average Bonchev–Trinajstić information content (AvgIpc) is 2.46. The fourth-order valence-electron chi connectivity index (χ4n) is 2.16. The van der Waals surface area contributed by atoms with Gasteiger partial charge in [-0.05, 0) is 18.8 Å². The number of rotatable bonds is 5. The molecule has 1 fully saturated rings. The van der Waals surface area contributed by atoms with Crippen molar-refractivity contribution in [1.29, 1.82) is 0 Å². The molecule has 1 saturated carbocycles. The Morgan fingerprint density at radius 3 is 2.25 bits per heavy atom. The van der Waals surface area contributed by atoms with Crippen LogP contribution in [0.4, 0.5) is 0 Å². The Balaban J connectivity index is 0.000000367. The third kappa shape index (κ3) is 11.6. The SMILES string of the molecule is C=C/C=C\C=C/C(C)C=NC.CN=CC1CCCCC1. The number of aliphatic imine (C=N–C) groups is 2. The third-order valence-corrected chi connectivity index (χ3v) is 3.17. The molecule has 0 amide bonds. The van der Waals surface area contributed by atoms with Gasteiger partial charge in [0.15, 0.2) is 0 Å². The van der Waals surface area contributed by atoms with Crippen molar-refractivity contribution in [2.75, 3.05) is 14.1 Å². The third-order valence-electron chi connectivity index (χ3n) is 3.17. The average molecular weight is 274 g/mol. The molecule has 0 aromatic rings. The Kier molecular flexibility index (Phi) is 13.0. The molecule has 1 aliphatic carbocycles. The second kappa shape index (κ2) is 14.0. The molecule has 0 spiro atoms. The van der Waals surface area contributed by atoms with E-state index < -0.39 is 0 Å². The molecule has 0 aliphatic heterocycles. The minimum Gasteiger partial charge on any atom is -0.301 e. The molecule has 1 atom stereocenters. The van der Waals surface area contributed by atoms with E-state index in [4.69, 9.17) is 0 Å². The van der Waals surface area contributed by atoms with Gasteiger partial charge < -0.3 is 9.98 Å². The van der Waals surface area contributed by atoms with Gasteiger partial charge in [0.25, 0.3) is 0 Å². The van der Waals surface area contributed by atoms with E-state index in [9.17, 15) is 0 Å². The minimum absolute atomic E-state index is 0.412. The van der Waals surface area contributed by atoms with Crippen LogP contribution in [0.15, 0.2) is 46.9 Å². The molecule has 0 heterocycles. The summed E-state index contributed by atoms with van der Waals surface area (Å²) in [5.41, 5.74) is 0. The van der Waals surface area contributed by atoms with E-state index in [0.29, 0.717) is 5.92 Å². The van der Waals surface area contributed by atoms with E-state index in [1.165, 1.54) is 32.1 Å². The molecular formula is C18H30N2. The Hall–Kier alpha value is -1.44. The largest absolute Gasteiger partial charge is 0.301 e. The molecular weight excluding hydrogens is 244 g/mol. The summed E-state index contributed by atoms with van der Waals surface area (Å²) in [5, 5.41) is 0. The molecule has 0 radical (unpaired) electrons. The van der Waals surface area contributed by atoms with Crippen LogP contribution in [-0.2, 0) is 0 Å². The highest BCUT2D eigenvalue weighted by Crippen LogP contribution is 2.21. The molecule has 20 heavy (non-hydrogen) atoms. The zero-order chi connectivity index (χ0) is 15.1. The van der Waals surface area contributed by atoms with Gasteiger partial charge >= 0.3 is 0 Å². The van der Waals surface area contributed by atoms with Crippen molar-refractivity contribution in [3.8, 4) is 0 Å². The van der Waals surface area contributed by atoms with E-state index in [-0.39, 0.29) is 0 Å². The van der Waals surface area contributed by atoms with Gasteiger partial charge in [-0.2, -0.15) is 0 Å². The van der Waals surface area contributed by atoms with Crippen molar-refractivity contribution in [2.24, 2.45) is 21.8 Å². The van der Waals surface area contributed by atoms with Crippen LogP contribution < -0.4 is 0 Å². The van der Waals surface area contributed by atoms with Crippen molar-refractivity contribution in [3.63, 3.8) is 0 Å². The van der Waals surface area contributed by atoms with Crippen molar-refractivity contribution >= 4 is 12.4 Å². The normalized spacial score (nSPS) is 18.8. The van der Waals surface area contributed by atoms with Gasteiger partial charge in [-0.3, -0.25) is 0 Å². The fourth-order valence-corrected chi connectivity index (χ4v) is 2.16. The van der Waals surface area contributed by atoms with Gasteiger partial charge in [0.1, 0.15) is 0 Å². The Morgan fingerprint density at radius 1 is 1.00 bits per heavy atom. The van der Waals surface area contributed by atoms with E-state index in [1.807, 2.05) is 31.5 Å². The quantitative estimate of drug-likeness (QED) is 0.504. The van der Waals surface area contributed by atoms with Crippen LogP contribution in [0.25, 0.3) is 0 Å². The highest BCUT2D eigenvalue weighted by Gasteiger charge is 2.09. The minimum atomic E-state index is 0.412. The predicted molar refractivity (Wildman–Crippen MR) is 93.0 cm³/mol. The molecule has 2 heteroatoms. The standard InChI is InChI=1S/C10H15N.C8H15N/c1-4-5-6-7-8-10(2)9-11-3;1-9-7-8-5-3-2-4-6-8/h4-10H,1H2,2-3H3;7-8H,2-6H2,1H3/b6-5-,8-7-,11-9?;. The molecule has 0 aromatic heterocycles. The first kappa shape index (κ1) is 18.6. The molecule has 1 rings (SSSR count). The summed E-state index contributed by atoms with van der Waals surface area (Å²) >= 11 is 0. The van der Waals surface area contributed by atoms with Gasteiger partial charge in [0.2, 0.25) is 0 Å². The lowest BCUT2D eigenvalue weighted by atomic mass is 9.90. The van der Waals surface area contributed by atoms with Crippen LogP contribution >= 0.6 is 0 Å². The van der Waals surface area contributed by atoms with Gasteiger partial charge in [0.05, 0.1) is 0 Å². The predicted octanol–water partition coefficient (Wildman–Crippen LogP) is 4.89. The molecule has 2 nitrogen and oxygen atoms in total. The van der Waals surface area contributed by atoms with Crippen molar-refractivity contribution in [1.82, 2.24) is 0 Å². The summed E-state index contributed by atoms with van der Waals surface area (Å²) in [7, 11) is 3.65. The number of allylic oxidation sites excluding steroid dienone is 5. The van der Waals surface area contributed by atoms with Crippen molar-refractivity contribution < 1.29 is 0 Å². The van der Waals surface area contributed by atoms with E-state index in [0.717, 1.165) is 5.92 Å². The Morgan fingerprint density at radius 2 is 1.70 bits per heavy atom. The molecule has 0 aromatic carbocycles. The van der Waals surface area contributed by atoms with Gasteiger partial charge in [-0.15, -0.1) is 0 Å². The maximum atomic E-state index is 4.03. The van der Waals surface area contributed by atoms with Crippen LogP contribution in [0.2, 0.25) is 0 Å². The lowest BCUT2D eigenvalue weighted by Gasteiger charge is -2.16. The van der Waals surface area contributed by atoms with Crippen LogP contribution in [0.3, 0.4) is 0 Å². The smallest absolute Gasteiger partial charge is 0.0273 e. The summed E-state index contributed by atoms with van der Waals surface area (Å²) < 4.78 is 0. The summed E-state index contributed by atoms with van der Waals surface area (Å²) in [5.74, 6) is 1.22. The molecule has 0 N–H and O–H groups in total. The first-order valence-electron chi connectivity index (χ1n) is 7.55. The summed E-state index contributed by atoms with van der Waals surface area (Å²) in [6.07, 6.45) is 20.7. The van der Waals surface area contributed by atoms with Crippen LogP contribution in [0.5, 0.6) is 0 Å². The molecule has 1 unspecified atom stereocenters.